The maximum atomic E-state index is 12.2. The van der Waals surface area contributed by atoms with Gasteiger partial charge in [-0.3, -0.25) is 9.48 Å². The van der Waals surface area contributed by atoms with E-state index in [2.05, 4.69) is 10.4 Å². The fourth-order valence-corrected chi connectivity index (χ4v) is 2.33. The third-order valence-electron chi connectivity index (χ3n) is 2.97. The van der Waals surface area contributed by atoms with Gasteiger partial charge < -0.3 is 5.32 Å². The van der Waals surface area contributed by atoms with Crippen LogP contribution in [0.15, 0.2) is 24.3 Å². The van der Waals surface area contributed by atoms with E-state index in [1.807, 2.05) is 25.1 Å². The molecule has 4 nitrogen and oxygen atoms in total. The molecule has 2 rings (SSSR count). The van der Waals surface area contributed by atoms with Crippen molar-refractivity contribution in [3.8, 4) is 0 Å². The Morgan fingerprint density at radius 2 is 2.05 bits per heavy atom. The molecule has 1 aromatic heterocycles. The Hall–Kier alpha value is -1.52. The Balaban J connectivity index is 2.15. The van der Waals surface area contributed by atoms with Gasteiger partial charge in [-0.25, -0.2) is 0 Å². The third kappa shape index (κ3) is 2.97. The van der Waals surface area contributed by atoms with Crippen molar-refractivity contribution >= 4 is 29.1 Å². The second-order valence-electron chi connectivity index (χ2n) is 4.34. The number of carbonyl (C=O) groups is 1. The van der Waals surface area contributed by atoms with E-state index in [0.717, 1.165) is 5.56 Å². The first-order chi connectivity index (χ1) is 9.54. The van der Waals surface area contributed by atoms with Crippen LogP contribution in [0.2, 0.25) is 10.0 Å². The number of aryl methyl sites for hydroxylation is 2. The molecule has 0 spiro atoms. The maximum absolute atomic E-state index is 12.2. The predicted molar refractivity (Wildman–Crippen MR) is 80.3 cm³/mol. The van der Waals surface area contributed by atoms with Crippen molar-refractivity contribution in [1.82, 2.24) is 15.1 Å². The van der Waals surface area contributed by atoms with Crippen LogP contribution in [0.3, 0.4) is 0 Å². The lowest BCUT2D eigenvalue weighted by molar-refractivity contribution is 0.0940. The zero-order chi connectivity index (χ0) is 14.7. The van der Waals surface area contributed by atoms with E-state index in [-0.39, 0.29) is 5.91 Å². The van der Waals surface area contributed by atoms with Crippen LogP contribution in [0.1, 0.15) is 28.7 Å². The van der Waals surface area contributed by atoms with Gasteiger partial charge in [0.05, 0.1) is 10.7 Å². The van der Waals surface area contributed by atoms with Crippen LogP contribution >= 0.6 is 23.2 Å². The molecular weight excluding hydrogens is 297 g/mol. The van der Waals surface area contributed by atoms with Crippen LogP contribution in [0.4, 0.5) is 0 Å². The van der Waals surface area contributed by atoms with Gasteiger partial charge in [-0.1, -0.05) is 41.4 Å². The van der Waals surface area contributed by atoms with Gasteiger partial charge in [0.15, 0.2) is 0 Å². The van der Waals surface area contributed by atoms with Crippen molar-refractivity contribution in [3.63, 3.8) is 0 Å². The van der Waals surface area contributed by atoms with E-state index in [0.29, 0.717) is 34.5 Å². The predicted octanol–water partition coefficient (Wildman–Crippen LogP) is 3.45. The van der Waals surface area contributed by atoms with Gasteiger partial charge in [0.1, 0.15) is 5.69 Å². The van der Waals surface area contributed by atoms with Crippen molar-refractivity contribution in [3.05, 3.63) is 51.3 Å². The highest BCUT2D eigenvalue weighted by Crippen LogP contribution is 2.20. The number of nitrogens with one attached hydrogen (secondary N) is 1. The lowest BCUT2D eigenvalue weighted by Gasteiger charge is -2.08. The topological polar surface area (TPSA) is 46.9 Å². The van der Waals surface area contributed by atoms with Crippen LogP contribution in [-0.2, 0) is 13.1 Å². The fraction of sp³-hybridized carbons (Fsp3) is 0.286. The highest BCUT2D eigenvalue weighted by molar-refractivity contribution is 6.34. The lowest BCUT2D eigenvalue weighted by atomic mass is 10.2. The summed E-state index contributed by atoms with van der Waals surface area (Å²) < 4.78 is 1.60. The minimum atomic E-state index is -0.252. The first-order valence-corrected chi connectivity index (χ1v) is 7.04. The number of carbonyl (C=O) groups excluding carboxylic acids is 1. The molecule has 0 saturated heterocycles. The second-order valence-corrected chi connectivity index (χ2v) is 5.12. The number of halogens is 2. The van der Waals surface area contributed by atoms with Crippen molar-refractivity contribution in [2.75, 3.05) is 0 Å². The Bertz CT molecular complexity index is 637. The summed E-state index contributed by atoms with van der Waals surface area (Å²) in [6.45, 7) is 4.62. The molecule has 0 saturated carbocycles. The van der Waals surface area contributed by atoms with Crippen LogP contribution in [0.25, 0.3) is 0 Å². The zero-order valence-corrected chi connectivity index (χ0v) is 12.8. The standard InChI is InChI=1S/C14H15Cl2N3O/c1-3-19-13(12(16)9(2)18-19)14(20)17-8-10-6-4-5-7-11(10)15/h4-7H,3,8H2,1-2H3,(H,17,20). The van der Waals surface area contributed by atoms with Gasteiger partial charge in [-0.15, -0.1) is 0 Å². The van der Waals surface area contributed by atoms with Crippen molar-refractivity contribution < 1.29 is 4.79 Å². The minimum Gasteiger partial charge on any atom is -0.347 e. The number of benzene rings is 1. The van der Waals surface area contributed by atoms with E-state index in [1.54, 1.807) is 17.7 Å². The molecule has 0 aliphatic heterocycles. The molecule has 2 aromatic rings. The van der Waals surface area contributed by atoms with Gasteiger partial charge in [-0.2, -0.15) is 5.10 Å². The largest absolute Gasteiger partial charge is 0.347 e. The van der Waals surface area contributed by atoms with E-state index >= 15 is 0 Å². The molecule has 1 aromatic carbocycles. The fourth-order valence-electron chi connectivity index (χ4n) is 1.91. The van der Waals surface area contributed by atoms with Gasteiger partial charge >= 0.3 is 0 Å². The number of hydrogen-bond donors (Lipinski definition) is 1. The Kier molecular flexibility index (Phi) is 4.68. The lowest BCUT2D eigenvalue weighted by Crippen LogP contribution is -2.26. The SMILES string of the molecule is CCn1nc(C)c(Cl)c1C(=O)NCc1ccccc1Cl. The van der Waals surface area contributed by atoms with Gasteiger partial charge in [0.25, 0.3) is 5.91 Å². The van der Waals surface area contributed by atoms with Gasteiger partial charge in [0, 0.05) is 18.1 Å². The Morgan fingerprint density at radius 1 is 1.35 bits per heavy atom. The quantitative estimate of drug-likeness (QED) is 0.940. The third-order valence-corrected chi connectivity index (χ3v) is 3.79. The first-order valence-electron chi connectivity index (χ1n) is 6.29. The van der Waals surface area contributed by atoms with Gasteiger partial charge in [-0.05, 0) is 25.5 Å². The molecule has 1 N–H and O–H groups in total. The summed E-state index contributed by atoms with van der Waals surface area (Å²) in [5, 5.41) is 8.05. The molecule has 0 atom stereocenters. The number of rotatable bonds is 4. The summed E-state index contributed by atoms with van der Waals surface area (Å²) in [6.07, 6.45) is 0. The highest BCUT2D eigenvalue weighted by Gasteiger charge is 2.19. The maximum Gasteiger partial charge on any atom is 0.271 e. The number of hydrogen-bond acceptors (Lipinski definition) is 2. The molecule has 0 fully saturated rings. The number of nitrogens with zero attached hydrogens (tertiary/aromatic N) is 2. The minimum absolute atomic E-state index is 0.252. The smallest absolute Gasteiger partial charge is 0.271 e. The molecule has 0 aliphatic rings. The molecule has 106 valence electrons. The molecule has 1 amide bonds. The van der Waals surface area contributed by atoms with Crippen molar-refractivity contribution in [2.45, 2.75) is 26.9 Å². The van der Waals surface area contributed by atoms with E-state index in [4.69, 9.17) is 23.2 Å². The van der Waals surface area contributed by atoms with Crippen LogP contribution in [0.5, 0.6) is 0 Å². The molecule has 6 heteroatoms. The Labute approximate surface area is 127 Å². The summed E-state index contributed by atoms with van der Waals surface area (Å²) >= 11 is 12.2. The average molecular weight is 312 g/mol. The molecule has 0 unspecified atom stereocenters. The highest BCUT2D eigenvalue weighted by atomic mass is 35.5. The molecule has 0 bridgehead atoms. The summed E-state index contributed by atoms with van der Waals surface area (Å²) in [5.41, 5.74) is 1.90. The number of aromatic nitrogens is 2. The molecular formula is C14H15Cl2N3O. The summed E-state index contributed by atoms with van der Waals surface area (Å²) in [6, 6.07) is 7.38. The van der Waals surface area contributed by atoms with E-state index < -0.39 is 0 Å². The molecule has 0 aliphatic carbocycles. The van der Waals surface area contributed by atoms with Crippen LogP contribution in [-0.4, -0.2) is 15.7 Å². The van der Waals surface area contributed by atoms with E-state index in [1.165, 1.54) is 0 Å². The summed E-state index contributed by atoms with van der Waals surface area (Å²) in [4.78, 5) is 12.2. The Morgan fingerprint density at radius 3 is 2.70 bits per heavy atom. The van der Waals surface area contributed by atoms with E-state index in [9.17, 15) is 4.79 Å². The first kappa shape index (κ1) is 14.9. The van der Waals surface area contributed by atoms with Gasteiger partial charge in [0.2, 0.25) is 0 Å². The normalized spacial score (nSPS) is 10.6. The monoisotopic (exact) mass is 311 g/mol. The van der Waals surface area contributed by atoms with Crippen molar-refractivity contribution in [2.24, 2.45) is 0 Å². The van der Waals surface area contributed by atoms with Crippen LogP contribution < -0.4 is 5.32 Å². The summed E-state index contributed by atoms with van der Waals surface area (Å²) in [5.74, 6) is -0.252. The zero-order valence-electron chi connectivity index (χ0n) is 11.3. The van der Waals surface area contributed by atoms with Crippen LogP contribution in [0, 0.1) is 6.92 Å². The second kappa shape index (κ2) is 6.29. The number of amides is 1. The average Bonchev–Trinajstić information content (AvgIpc) is 2.73. The molecule has 20 heavy (non-hydrogen) atoms. The molecule has 1 heterocycles. The summed E-state index contributed by atoms with van der Waals surface area (Å²) in [7, 11) is 0. The molecule has 0 radical (unpaired) electrons. The van der Waals surface area contributed by atoms with Crippen molar-refractivity contribution in [1.29, 1.82) is 0 Å².